The molecular weight excluding hydrogens is 484 g/mol. The van der Waals surface area contributed by atoms with Gasteiger partial charge in [0.15, 0.2) is 5.96 Å². The second-order valence-electron chi connectivity index (χ2n) is 6.89. The van der Waals surface area contributed by atoms with Crippen LogP contribution in [0.1, 0.15) is 12.0 Å². The Labute approximate surface area is 188 Å². The van der Waals surface area contributed by atoms with Gasteiger partial charge in [0.25, 0.3) is 0 Å². The maximum absolute atomic E-state index is 12.9. The second kappa shape index (κ2) is 11.0. The summed E-state index contributed by atoms with van der Waals surface area (Å²) >= 11 is 0. The number of rotatable bonds is 5. The lowest BCUT2D eigenvalue weighted by molar-refractivity contribution is -0.115. The first-order valence-corrected chi connectivity index (χ1v) is 9.38. The molecule has 1 saturated heterocycles. The molecule has 8 heteroatoms. The van der Waals surface area contributed by atoms with Gasteiger partial charge in [-0.15, -0.1) is 24.0 Å². The minimum absolute atomic E-state index is 0. The summed E-state index contributed by atoms with van der Waals surface area (Å²) < 4.78 is 12.9. The molecule has 156 valence electrons. The predicted octanol–water partition coefficient (Wildman–Crippen LogP) is 3.13. The van der Waals surface area contributed by atoms with Gasteiger partial charge in [-0.1, -0.05) is 17.7 Å². The number of aryl methyl sites for hydroxylation is 1. The normalized spacial score (nSPS) is 16.2. The van der Waals surface area contributed by atoms with Crippen LogP contribution in [0.25, 0.3) is 0 Å². The summed E-state index contributed by atoms with van der Waals surface area (Å²) in [6, 6.07) is 14.5. The van der Waals surface area contributed by atoms with Gasteiger partial charge in [0.05, 0.1) is 6.54 Å². The highest BCUT2D eigenvalue weighted by molar-refractivity contribution is 14.0. The SMILES string of the molecule is CN=C(NCC(=O)Nc1ccc(F)cc1)NC1CCN(c2ccc(C)cc2)C1.I. The fourth-order valence-electron chi connectivity index (χ4n) is 3.16. The van der Waals surface area contributed by atoms with Gasteiger partial charge >= 0.3 is 0 Å². The Bertz CT molecular complexity index is 826. The van der Waals surface area contributed by atoms with Crippen LogP contribution >= 0.6 is 24.0 Å². The summed E-state index contributed by atoms with van der Waals surface area (Å²) in [5, 5.41) is 9.11. The fraction of sp³-hybridized carbons (Fsp3) is 0.333. The standard InChI is InChI=1S/C21H26FN5O.HI/c1-15-3-9-19(10-4-15)27-12-11-18(14-27)26-21(23-2)24-13-20(28)25-17-7-5-16(22)6-8-17;/h3-10,18H,11-14H2,1-2H3,(H,25,28)(H2,23,24,26);1H. The molecule has 0 radical (unpaired) electrons. The summed E-state index contributed by atoms with van der Waals surface area (Å²) in [6.07, 6.45) is 0.996. The number of nitrogens with zero attached hydrogens (tertiary/aromatic N) is 2. The molecule has 0 aliphatic carbocycles. The van der Waals surface area contributed by atoms with Crippen molar-refractivity contribution >= 4 is 47.2 Å². The maximum atomic E-state index is 12.9. The van der Waals surface area contributed by atoms with Crippen LogP contribution in [0, 0.1) is 12.7 Å². The van der Waals surface area contributed by atoms with Crippen LogP contribution in [0.15, 0.2) is 53.5 Å². The second-order valence-corrected chi connectivity index (χ2v) is 6.89. The van der Waals surface area contributed by atoms with E-state index in [9.17, 15) is 9.18 Å². The van der Waals surface area contributed by atoms with Gasteiger partial charge in [-0.2, -0.15) is 0 Å². The highest BCUT2D eigenvalue weighted by atomic mass is 127. The Morgan fingerprint density at radius 2 is 1.86 bits per heavy atom. The van der Waals surface area contributed by atoms with E-state index < -0.39 is 0 Å². The molecule has 6 nitrogen and oxygen atoms in total. The number of halogens is 2. The first kappa shape index (κ1) is 22.9. The van der Waals surface area contributed by atoms with Crippen molar-refractivity contribution in [1.29, 1.82) is 0 Å². The van der Waals surface area contributed by atoms with Gasteiger partial charge in [0.1, 0.15) is 5.82 Å². The first-order chi connectivity index (χ1) is 13.5. The molecule has 2 aromatic rings. The van der Waals surface area contributed by atoms with Gasteiger partial charge in [-0.25, -0.2) is 4.39 Å². The molecular formula is C21H27FIN5O. The van der Waals surface area contributed by atoms with E-state index in [0.717, 1.165) is 19.5 Å². The van der Waals surface area contributed by atoms with E-state index in [1.807, 2.05) is 0 Å². The minimum atomic E-state index is -0.336. The molecule has 1 heterocycles. The zero-order chi connectivity index (χ0) is 19.9. The highest BCUT2D eigenvalue weighted by Crippen LogP contribution is 2.20. The Balaban J connectivity index is 0.00000300. The Morgan fingerprint density at radius 1 is 1.17 bits per heavy atom. The van der Waals surface area contributed by atoms with Crippen molar-refractivity contribution in [2.45, 2.75) is 19.4 Å². The summed E-state index contributed by atoms with van der Waals surface area (Å²) in [6.45, 7) is 4.01. The number of benzene rings is 2. The molecule has 1 amide bonds. The lowest BCUT2D eigenvalue weighted by Gasteiger charge is -2.20. The molecule has 1 unspecified atom stereocenters. The lowest BCUT2D eigenvalue weighted by Crippen LogP contribution is -2.46. The van der Waals surface area contributed by atoms with E-state index in [1.54, 1.807) is 7.05 Å². The molecule has 0 spiro atoms. The van der Waals surface area contributed by atoms with E-state index in [1.165, 1.54) is 35.5 Å². The van der Waals surface area contributed by atoms with Crippen LogP contribution < -0.4 is 20.9 Å². The number of aliphatic imine (C=N–C) groups is 1. The Morgan fingerprint density at radius 3 is 2.52 bits per heavy atom. The van der Waals surface area contributed by atoms with Gasteiger partial charge < -0.3 is 20.9 Å². The number of anilines is 2. The smallest absolute Gasteiger partial charge is 0.243 e. The van der Waals surface area contributed by atoms with Crippen LogP contribution in [-0.4, -0.2) is 44.6 Å². The molecule has 3 rings (SSSR count). The third-order valence-corrected chi connectivity index (χ3v) is 4.70. The van der Waals surface area contributed by atoms with Crippen LogP contribution in [-0.2, 0) is 4.79 Å². The van der Waals surface area contributed by atoms with Crippen molar-refractivity contribution in [1.82, 2.24) is 10.6 Å². The number of carbonyl (C=O) groups is 1. The topological polar surface area (TPSA) is 68.8 Å². The number of nitrogens with one attached hydrogen (secondary N) is 3. The zero-order valence-corrected chi connectivity index (χ0v) is 18.9. The molecule has 1 fully saturated rings. The largest absolute Gasteiger partial charge is 0.369 e. The van der Waals surface area contributed by atoms with E-state index in [4.69, 9.17) is 0 Å². The first-order valence-electron chi connectivity index (χ1n) is 9.38. The number of hydrogen-bond acceptors (Lipinski definition) is 3. The monoisotopic (exact) mass is 511 g/mol. The van der Waals surface area contributed by atoms with Crippen molar-refractivity contribution < 1.29 is 9.18 Å². The van der Waals surface area contributed by atoms with Gasteiger partial charge in [-0.05, 0) is 49.7 Å². The van der Waals surface area contributed by atoms with E-state index in [-0.39, 0.29) is 48.3 Å². The van der Waals surface area contributed by atoms with Gasteiger partial charge in [0.2, 0.25) is 5.91 Å². The van der Waals surface area contributed by atoms with E-state index in [2.05, 4.69) is 57.0 Å². The summed E-state index contributed by atoms with van der Waals surface area (Å²) in [5.74, 6) is 0.0317. The van der Waals surface area contributed by atoms with Gasteiger partial charge in [-0.3, -0.25) is 9.79 Å². The number of carbonyl (C=O) groups excluding carboxylic acids is 1. The van der Waals surface area contributed by atoms with Crippen LogP contribution in [0.2, 0.25) is 0 Å². The van der Waals surface area contributed by atoms with Crippen molar-refractivity contribution in [3.8, 4) is 0 Å². The average Bonchev–Trinajstić information content (AvgIpc) is 3.16. The fourth-order valence-corrected chi connectivity index (χ4v) is 3.16. The van der Waals surface area contributed by atoms with Crippen LogP contribution in [0.4, 0.5) is 15.8 Å². The van der Waals surface area contributed by atoms with Crippen molar-refractivity contribution in [2.24, 2.45) is 4.99 Å². The van der Waals surface area contributed by atoms with Crippen molar-refractivity contribution in [2.75, 3.05) is 36.9 Å². The maximum Gasteiger partial charge on any atom is 0.243 e. The third-order valence-electron chi connectivity index (χ3n) is 4.70. The molecule has 0 aromatic heterocycles. The zero-order valence-electron chi connectivity index (χ0n) is 16.6. The molecule has 1 atom stereocenters. The van der Waals surface area contributed by atoms with Crippen molar-refractivity contribution in [3.63, 3.8) is 0 Å². The highest BCUT2D eigenvalue weighted by Gasteiger charge is 2.23. The van der Waals surface area contributed by atoms with E-state index in [0.29, 0.717) is 11.6 Å². The number of amides is 1. The quantitative estimate of drug-likeness (QED) is 0.328. The molecule has 0 saturated carbocycles. The summed E-state index contributed by atoms with van der Waals surface area (Å²) in [4.78, 5) is 18.6. The van der Waals surface area contributed by atoms with Crippen LogP contribution in [0.5, 0.6) is 0 Å². The molecule has 1 aliphatic rings. The number of hydrogen-bond donors (Lipinski definition) is 3. The third kappa shape index (κ3) is 6.88. The molecule has 29 heavy (non-hydrogen) atoms. The summed E-state index contributed by atoms with van der Waals surface area (Å²) in [7, 11) is 1.68. The number of guanidine groups is 1. The lowest BCUT2D eigenvalue weighted by atomic mass is 10.2. The van der Waals surface area contributed by atoms with Crippen LogP contribution in [0.3, 0.4) is 0 Å². The van der Waals surface area contributed by atoms with Crippen molar-refractivity contribution in [3.05, 3.63) is 59.9 Å². The molecule has 3 N–H and O–H groups in total. The van der Waals surface area contributed by atoms with Gasteiger partial charge in [0, 0.05) is 37.6 Å². The molecule has 2 aromatic carbocycles. The Kier molecular flexibility index (Phi) is 8.69. The Hall–Kier alpha value is -2.36. The summed E-state index contributed by atoms with van der Waals surface area (Å²) in [5.41, 5.74) is 3.03. The minimum Gasteiger partial charge on any atom is -0.369 e. The predicted molar refractivity (Wildman–Crippen MR) is 127 cm³/mol. The molecule has 0 bridgehead atoms. The van der Waals surface area contributed by atoms with E-state index >= 15 is 0 Å². The average molecular weight is 511 g/mol. The molecule has 1 aliphatic heterocycles.